The van der Waals surface area contributed by atoms with E-state index in [1.807, 2.05) is 6.92 Å². The van der Waals surface area contributed by atoms with Crippen LogP contribution in [0.25, 0.3) is 0 Å². The lowest BCUT2D eigenvalue weighted by Gasteiger charge is -2.36. The molecular weight excluding hydrogens is 252 g/mol. The largest absolute Gasteiger partial charge is 0.332 e. The van der Waals surface area contributed by atoms with Gasteiger partial charge in [0.25, 0.3) is 10.0 Å². The Morgan fingerprint density at radius 2 is 2.28 bits per heavy atom. The van der Waals surface area contributed by atoms with Gasteiger partial charge in [0, 0.05) is 18.6 Å². The molecule has 1 aromatic rings. The van der Waals surface area contributed by atoms with Crippen molar-refractivity contribution in [2.24, 2.45) is 5.73 Å². The van der Waals surface area contributed by atoms with Crippen molar-refractivity contribution in [3.63, 3.8) is 0 Å². The second kappa shape index (κ2) is 4.99. The van der Waals surface area contributed by atoms with Crippen molar-refractivity contribution in [2.75, 3.05) is 6.54 Å². The van der Waals surface area contributed by atoms with E-state index in [1.54, 1.807) is 6.92 Å². The summed E-state index contributed by atoms with van der Waals surface area (Å²) in [6.07, 6.45) is 4.11. The number of aromatic amines is 1. The van der Waals surface area contributed by atoms with Gasteiger partial charge in [0.2, 0.25) is 0 Å². The highest BCUT2D eigenvalue weighted by molar-refractivity contribution is 7.89. The van der Waals surface area contributed by atoms with Gasteiger partial charge in [-0.1, -0.05) is 6.42 Å². The smallest absolute Gasteiger partial charge is 0.260 e. The van der Waals surface area contributed by atoms with Gasteiger partial charge in [-0.05, 0) is 26.7 Å². The first-order chi connectivity index (χ1) is 8.43. The monoisotopic (exact) mass is 272 g/mol. The van der Waals surface area contributed by atoms with Crippen molar-refractivity contribution in [3.8, 4) is 0 Å². The number of nitrogens with zero attached hydrogens (tertiary/aromatic N) is 2. The number of sulfonamides is 1. The van der Waals surface area contributed by atoms with Gasteiger partial charge in [-0.15, -0.1) is 0 Å². The molecular formula is C11H20N4O2S. The molecule has 0 aromatic carbocycles. The molecule has 7 heteroatoms. The lowest BCUT2D eigenvalue weighted by atomic mass is 10.00. The van der Waals surface area contributed by atoms with Gasteiger partial charge < -0.3 is 10.7 Å². The molecule has 1 fully saturated rings. The van der Waals surface area contributed by atoms with Gasteiger partial charge in [-0.25, -0.2) is 13.4 Å². The maximum atomic E-state index is 12.5. The van der Waals surface area contributed by atoms with Crippen molar-refractivity contribution in [1.82, 2.24) is 14.3 Å². The second-order valence-electron chi connectivity index (χ2n) is 4.87. The summed E-state index contributed by atoms with van der Waals surface area (Å²) in [5.41, 5.74) is 5.91. The second-order valence-corrected chi connectivity index (χ2v) is 6.73. The number of nitrogens with one attached hydrogen (secondary N) is 1. The predicted molar refractivity (Wildman–Crippen MR) is 68.5 cm³/mol. The van der Waals surface area contributed by atoms with Crippen molar-refractivity contribution in [3.05, 3.63) is 12.0 Å². The molecule has 0 bridgehead atoms. The molecule has 0 aliphatic carbocycles. The zero-order valence-electron chi connectivity index (χ0n) is 10.8. The van der Waals surface area contributed by atoms with Gasteiger partial charge in [-0.3, -0.25) is 0 Å². The molecule has 1 aliphatic rings. The van der Waals surface area contributed by atoms with Crippen LogP contribution in [-0.2, 0) is 10.0 Å². The minimum atomic E-state index is -3.50. The van der Waals surface area contributed by atoms with Gasteiger partial charge in [0.05, 0.1) is 6.20 Å². The van der Waals surface area contributed by atoms with Crippen LogP contribution in [0.1, 0.15) is 32.0 Å². The van der Waals surface area contributed by atoms with Crippen LogP contribution in [0.4, 0.5) is 0 Å². The van der Waals surface area contributed by atoms with Crippen molar-refractivity contribution < 1.29 is 8.42 Å². The molecule has 6 nitrogen and oxygen atoms in total. The SMILES string of the molecule is Cc1ncc(S(=O)(=O)N2CCCCC2C(C)N)[nH]1. The molecule has 3 N–H and O–H groups in total. The van der Waals surface area contributed by atoms with Crippen LogP contribution in [0.2, 0.25) is 0 Å². The summed E-state index contributed by atoms with van der Waals surface area (Å²) >= 11 is 0. The number of hydrogen-bond donors (Lipinski definition) is 2. The molecule has 0 saturated carbocycles. The fourth-order valence-corrected chi connectivity index (χ4v) is 4.15. The van der Waals surface area contributed by atoms with E-state index in [1.165, 1.54) is 10.5 Å². The number of imidazole rings is 1. The average Bonchev–Trinajstić information content (AvgIpc) is 2.76. The molecule has 0 radical (unpaired) electrons. The Bertz CT molecular complexity index is 509. The Balaban J connectivity index is 2.33. The van der Waals surface area contributed by atoms with Gasteiger partial charge in [0.1, 0.15) is 5.82 Å². The average molecular weight is 272 g/mol. The first-order valence-electron chi connectivity index (χ1n) is 6.22. The predicted octanol–water partition coefficient (Wildman–Crippen LogP) is 0.609. The van der Waals surface area contributed by atoms with E-state index in [4.69, 9.17) is 5.73 Å². The normalized spacial score (nSPS) is 24.1. The minimum Gasteiger partial charge on any atom is -0.332 e. The Labute approximate surface area is 108 Å². The zero-order valence-corrected chi connectivity index (χ0v) is 11.6. The highest BCUT2D eigenvalue weighted by atomic mass is 32.2. The van der Waals surface area contributed by atoms with E-state index < -0.39 is 10.0 Å². The third-order valence-corrected chi connectivity index (χ3v) is 5.21. The summed E-state index contributed by atoms with van der Waals surface area (Å²) in [5, 5.41) is 0.160. The van der Waals surface area contributed by atoms with Crippen molar-refractivity contribution >= 4 is 10.0 Å². The van der Waals surface area contributed by atoms with E-state index >= 15 is 0 Å². The first kappa shape index (κ1) is 13.5. The first-order valence-corrected chi connectivity index (χ1v) is 7.66. The third-order valence-electron chi connectivity index (χ3n) is 3.37. The molecule has 102 valence electrons. The fourth-order valence-electron chi connectivity index (χ4n) is 2.41. The van der Waals surface area contributed by atoms with Crippen molar-refractivity contribution in [2.45, 2.75) is 50.2 Å². The summed E-state index contributed by atoms with van der Waals surface area (Å²) in [5.74, 6) is 0.600. The van der Waals surface area contributed by atoms with Crippen LogP contribution < -0.4 is 5.73 Å². The van der Waals surface area contributed by atoms with Crippen LogP contribution in [0, 0.1) is 6.92 Å². The molecule has 1 aromatic heterocycles. The molecule has 2 heterocycles. The lowest BCUT2D eigenvalue weighted by molar-refractivity contribution is 0.227. The van der Waals surface area contributed by atoms with E-state index in [0.717, 1.165) is 19.3 Å². The Morgan fingerprint density at radius 3 is 2.83 bits per heavy atom. The molecule has 2 unspecified atom stereocenters. The highest BCUT2D eigenvalue weighted by Gasteiger charge is 2.36. The number of H-pyrrole nitrogens is 1. The van der Waals surface area contributed by atoms with Crippen LogP contribution in [0.5, 0.6) is 0 Å². The summed E-state index contributed by atoms with van der Waals surface area (Å²) in [6, 6.07) is -0.281. The van der Waals surface area contributed by atoms with Crippen LogP contribution in [-0.4, -0.2) is 41.3 Å². The molecule has 0 amide bonds. The zero-order chi connectivity index (χ0) is 13.3. The van der Waals surface area contributed by atoms with Gasteiger partial charge in [-0.2, -0.15) is 4.31 Å². The van der Waals surface area contributed by atoms with Crippen molar-refractivity contribution in [1.29, 1.82) is 0 Å². The standard InChI is InChI=1S/C11H20N4O2S/c1-8(12)10-5-3-4-6-15(10)18(16,17)11-7-13-9(2)14-11/h7-8,10H,3-6,12H2,1-2H3,(H,13,14). The van der Waals surface area contributed by atoms with Crippen LogP contribution in [0.3, 0.4) is 0 Å². The Hall–Kier alpha value is -0.920. The number of hydrogen-bond acceptors (Lipinski definition) is 4. The van der Waals surface area contributed by atoms with Crippen LogP contribution >= 0.6 is 0 Å². The maximum Gasteiger partial charge on any atom is 0.260 e. The van der Waals surface area contributed by atoms with E-state index in [0.29, 0.717) is 12.4 Å². The number of rotatable bonds is 3. The molecule has 1 aliphatic heterocycles. The quantitative estimate of drug-likeness (QED) is 0.843. The van der Waals surface area contributed by atoms with E-state index in [2.05, 4.69) is 9.97 Å². The van der Waals surface area contributed by atoms with Crippen LogP contribution in [0.15, 0.2) is 11.2 Å². The number of piperidine rings is 1. The Kier molecular flexibility index (Phi) is 3.74. The topological polar surface area (TPSA) is 92.1 Å². The highest BCUT2D eigenvalue weighted by Crippen LogP contribution is 2.25. The van der Waals surface area contributed by atoms with Gasteiger partial charge in [0.15, 0.2) is 5.03 Å². The third kappa shape index (κ3) is 2.43. The minimum absolute atomic E-state index is 0.118. The number of nitrogens with two attached hydrogens (primary N) is 1. The lowest BCUT2D eigenvalue weighted by Crippen LogP contribution is -2.51. The summed E-state index contributed by atoms with van der Waals surface area (Å²) < 4.78 is 26.6. The summed E-state index contributed by atoms with van der Waals surface area (Å²) in [6.45, 7) is 4.13. The van der Waals surface area contributed by atoms with E-state index in [9.17, 15) is 8.42 Å². The molecule has 2 atom stereocenters. The molecule has 2 rings (SSSR count). The number of aryl methyl sites for hydroxylation is 1. The molecule has 1 saturated heterocycles. The fraction of sp³-hybridized carbons (Fsp3) is 0.727. The Morgan fingerprint density at radius 1 is 1.56 bits per heavy atom. The molecule has 0 spiro atoms. The molecule has 18 heavy (non-hydrogen) atoms. The summed E-state index contributed by atoms with van der Waals surface area (Å²) in [7, 11) is -3.50. The van der Waals surface area contributed by atoms with Gasteiger partial charge >= 0.3 is 0 Å². The summed E-state index contributed by atoms with van der Waals surface area (Å²) in [4.78, 5) is 6.75. The number of aromatic nitrogens is 2. The maximum absolute atomic E-state index is 12.5. The van der Waals surface area contributed by atoms with E-state index in [-0.39, 0.29) is 17.1 Å².